The first-order chi connectivity index (χ1) is 9.67. The van der Waals surface area contributed by atoms with E-state index in [4.69, 9.17) is 21.1 Å². The molecule has 1 aromatic carbocycles. The molecule has 0 unspecified atom stereocenters. The van der Waals surface area contributed by atoms with Crippen molar-refractivity contribution < 1.29 is 9.47 Å². The molecule has 20 heavy (non-hydrogen) atoms. The lowest BCUT2D eigenvalue weighted by atomic mass is 10.3. The summed E-state index contributed by atoms with van der Waals surface area (Å²) in [5.41, 5.74) is 0.756. The minimum Gasteiger partial charge on any atom is -0.497 e. The van der Waals surface area contributed by atoms with Gasteiger partial charge in [-0.3, -0.25) is 0 Å². The molecule has 2 aromatic rings. The molecule has 104 valence electrons. The molecule has 0 bridgehead atoms. The summed E-state index contributed by atoms with van der Waals surface area (Å²) in [5, 5.41) is 0.463. The Hall–Kier alpha value is -1.81. The van der Waals surface area contributed by atoms with E-state index < -0.39 is 0 Å². The second-order valence-electron chi connectivity index (χ2n) is 4.85. The summed E-state index contributed by atoms with van der Waals surface area (Å²) in [6.45, 7) is 1.86. The van der Waals surface area contributed by atoms with Crippen molar-refractivity contribution in [2.24, 2.45) is 0 Å². The van der Waals surface area contributed by atoms with Crippen LogP contribution in [0.1, 0.15) is 30.1 Å². The second-order valence-corrected chi connectivity index (χ2v) is 5.21. The van der Waals surface area contributed by atoms with Crippen LogP contribution in [-0.4, -0.2) is 17.1 Å². The zero-order valence-corrected chi connectivity index (χ0v) is 12.1. The molecule has 1 aromatic heterocycles. The van der Waals surface area contributed by atoms with Crippen LogP contribution in [0.15, 0.2) is 24.3 Å². The smallest absolute Gasteiger partial charge is 0.226 e. The molecule has 0 atom stereocenters. The first kappa shape index (κ1) is 13.2. The summed E-state index contributed by atoms with van der Waals surface area (Å²) in [6.07, 6.45) is 2.25. The summed E-state index contributed by atoms with van der Waals surface area (Å²) in [7, 11) is 1.63. The topological polar surface area (TPSA) is 44.2 Å². The van der Waals surface area contributed by atoms with Crippen LogP contribution < -0.4 is 9.47 Å². The minimum absolute atomic E-state index is 0.436. The van der Waals surface area contributed by atoms with E-state index in [2.05, 4.69) is 9.97 Å². The minimum atomic E-state index is 0.436. The molecule has 0 amide bonds. The highest BCUT2D eigenvalue weighted by molar-refractivity contribution is 6.30. The van der Waals surface area contributed by atoms with E-state index in [-0.39, 0.29) is 0 Å². The van der Waals surface area contributed by atoms with Crippen molar-refractivity contribution in [2.75, 3.05) is 7.11 Å². The number of rotatable bonds is 4. The average molecular weight is 291 g/mol. The van der Waals surface area contributed by atoms with Gasteiger partial charge in [0, 0.05) is 11.5 Å². The quantitative estimate of drug-likeness (QED) is 0.795. The molecule has 1 aliphatic carbocycles. The van der Waals surface area contributed by atoms with Gasteiger partial charge in [-0.15, -0.1) is 0 Å². The third-order valence-corrected chi connectivity index (χ3v) is 3.64. The monoisotopic (exact) mass is 290 g/mol. The van der Waals surface area contributed by atoms with E-state index in [0.717, 1.165) is 30.0 Å². The van der Waals surface area contributed by atoms with Crippen LogP contribution in [0.25, 0.3) is 0 Å². The summed E-state index contributed by atoms with van der Waals surface area (Å²) in [6, 6.07) is 7.36. The van der Waals surface area contributed by atoms with E-state index in [1.54, 1.807) is 7.11 Å². The van der Waals surface area contributed by atoms with Gasteiger partial charge in [0.05, 0.1) is 7.11 Å². The van der Waals surface area contributed by atoms with Gasteiger partial charge in [0.25, 0.3) is 0 Å². The normalized spacial score (nSPS) is 14.2. The molecule has 0 saturated heterocycles. The molecule has 5 heteroatoms. The molecular formula is C15H15ClN2O2. The van der Waals surface area contributed by atoms with Crippen molar-refractivity contribution in [1.82, 2.24) is 9.97 Å². The largest absolute Gasteiger partial charge is 0.497 e. The van der Waals surface area contributed by atoms with Crippen LogP contribution in [0.3, 0.4) is 0 Å². The highest BCUT2D eigenvalue weighted by atomic mass is 35.5. The number of benzene rings is 1. The van der Waals surface area contributed by atoms with Crippen molar-refractivity contribution in [3.63, 3.8) is 0 Å². The molecule has 0 N–H and O–H groups in total. The molecular weight excluding hydrogens is 276 g/mol. The molecule has 0 spiro atoms. The van der Waals surface area contributed by atoms with Gasteiger partial charge in [-0.2, -0.15) is 4.98 Å². The van der Waals surface area contributed by atoms with Crippen LogP contribution in [0.5, 0.6) is 17.4 Å². The maximum Gasteiger partial charge on any atom is 0.226 e. The van der Waals surface area contributed by atoms with Gasteiger partial charge < -0.3 is 9.47 Å². The Balaban J connectivity index is 1.88. The van der Waals surface area contributed by atoms with Gasteiger partial charge in [-0.05, 0) is 44.0 Å². The number of halogens is 1. The van der Waals surface area contributed by atoms with Crippen LogP contribution in [0.4, 0.5) is 0 Å². The highest BCUT2D eigenvalue weighted by Gasteiger charge is 2.28. The SMILES string of the molecule is COc1ccc(Oc2nc(C3CC3)nc(Cl)c2C)cc1. The number of aromatic nitrogens is 2. The van der Waals surface area contributed by atoms with Crippen LogP contribution in [-0.2, 0) is 0 Å². The third kappa shape index (κ3) is 2.70. The van der Waals surface area contributed by atoms with Gasteiger partial charge in [0.1, 0.15) is 22.5 Å². The lowest BCUT2D eigenvalue weighted by molar-refractivity contribution is 0.411. The first-order valence-electron chi connectivity index (χ1n) is 6.53. The van der Waals surface area contributed by atoms with Crippen molar-refractivity contribution in [1.29, 1.82) is 0 Å². The molecule has 0 radical (unpaired) electrons. The summed E-state index contributed by atoms with van der Waals surface area (Å²) < 4.78 is 10.9. The Labute approximate surface area is 122 Å². The Morgan fingerprint density at radius 2 is 1.75 bits per heavy atom. The number of hydrogen-bond donors (Lipinski definition) is 0. The third-order valence-electron chi connectivity index (χ3n) is 3.28. The number of ether oxygens (including phenoxy) is 2. The number of hydrogen-bond acceptors (Lipinski definition) is 4. The molecule has 3 rings (SSSR count). The fourth-order valence-electron chi connectivity index (χ4n) is 1.86. The fourth-order valence-corrected chi connectivity index (χ4v) is 2.03. The predicted octanol–water partition coefficient (Wildman–Crippen LogP) is 4.12. The molecule has 1 fully saturated rings. The predicted molar refractivity (Wildman–Crippen MR) is 76.8 cm³/mol. The lowest BCUT2D eigenvalue weighted by Gasteiger charge is -2.10. The average Bonchev–Trinajstić information content (AvgIpc) is 3.29. The maximum atomic E-state index is 6.15. The Morgan fingerprint density at radius 3 is 2.35 bits per heavy atom. The van der Waals surface area contributed by atoms with E-state index in [1.807, 2.05) is 31.2 Å². The van der Waals surface area contributed by atoms with Gasteiger partial charge >= 0.3 is 0 Å². The highest BCUT2D eigenvalue weighted by Crippen LogP contribution is 2.40. The lowest BCUT2D eigenvalue weighted by Crippen LogP contribution is -2.00. The van der Waals surface area contributed by atoms with Crippen molar-refractivity contribution in [2.45, 2.75) is 25.7 Å². The number of nitrogens with zero attached hydrogens (tertiary/aromatic N) is 2. The zero-order valence-electron chi connectivity index (χ0n) is 11.4. The van der Waals surface area contributed by atoms with Gasteiger partial charge in [0.2, 0.25) is 5.88 Å². The van der Waals surface area contributed by atoms with Crippen LogP contribution >= 0.6 is 11.6 Å². The van der Waals surface area contributed by atoms with Crippen molar-refractivity contribution >= 4 is 11.6 Å². The van der Waals surface area contributed by atoms with E-state index in [0.29, 0.717) is 22.7 Å². The van der Waals surface area contributed by atoms with Gasteiger partial charge in [0.15, 0.2) is 0 Å². The van der Waals surface area contributed by atoms with E-state index in [9.17, 15) is 0 Å². The standard InChI is InChI=1S/C15H15ClN2O2/c1-9-13(16)17-14(10-3-4-10)18-15(9)20-12-7-5-11(19-2)6-8-12/h5-8,10H,3-4H2,1-2H3. The van der Waals surface area contributed by atoms with Gasteiger partial charge in [-0.1, -0.05) is 11.6 Å². The zero-order chi connectivity index (χ0) is 14.1. The molecule has 1 saturated carbocycles. The van der Waals surface area contributed by atoms with E-state index in [1.165, 1.54) is 0 Å². The fraction of sp³-hybridized carbons (Fsp3) is 0.333. The van der Waals surface area contributed by atoms with Crippen molar-refractivity contribution in [3.05, 3.63) is 40.8 Å². The Bertz CT molecular complexity index is 625. The summed E-state index contributed by atoms with van der Waals surface area (Å²) in [5.74, 6) is 3.23. The second kappa shape index (κ2) is 5.29. The Kier molecular flexibility index (Phi) is 3.49. The molecule has 0 aliphatic heterocycles. The number of methoxy groups -OCH3 is 1. The summed E-state index contributed by atoms with van der Waals surface area (Å²) >= 11 is 6.15. The molecule has 1 aliphatic rings. The van der Waals surface area contributed by atoms with Crippen LogP contribution in [0, 0.1) is 6.92 Å². The molecule has 4 nitrogen and oxygen atoms in total. The van der Waals surface area contributed by atoms with Crippen molar-refractivity contribution in [3.8, 4) is 17.4 Å². The first-order valence-corrected chi connectivity index (χ1v) is 6.91. The maximum absolute atomic E-state index is 6.15. The molecule has 1 heterocycles. The van der Waals surface area contributed by atoms with Gasteiger partial charge in [-0.25, -0.2) is 4.98 Å². The van der Waals surface area contributed by atoms with Crippen LogP contribution in [0.2, 0.25) is 5.15 Å². The van der Waals surface area contributed by atoms with E-state index >= 15 is 0 Å². The summed E-state index contributed by atoms with van der Waals surface area (Å²) in [4.78, 5) is 8.80. The Morgan fingerprint density at radius 1 is 1.10 bits per heavy atom.